The second kappa shape index (κ2) is 8.26. The van der Waals surface area contributed by atoms with Crippen molar-refractivity contribution in [3.8, 4) is 6.07 Å². The minimum Gasteiger partial charge on any atom is -0.353 e. The Balaban J connectivity index is 1.34. The van der Waals surface area contributed by atoms with Crippen molar-refractivity contribution in [1.82, 2.24) is 19.9 Å². The molecule has 1 atom stereocenters. The number of piperidine rings is 2. The highest BCUT2D eigenvalue weighted by Crippen LogP contribution is 2.34. The molecule has 1 amide bonds. The van der Waals surface area contributed by atoms with E-state index in [0.717, 1.165) is 54.8 Å². The van der Waals surface area contributed by atoms with Crippen LogP contribution < -0.4 is 9.80 Å². The largest absolute Gasteiger partial charge is 0.353 e. The number of amides is 1. The Morgan fingerprint density at radius 3 is 2.55 bits per heavy atom. The average molecular weight is 413 g/mol. The van der Waals surface area contributed by atoms with Gasteiger partial charge >= 0.3 is 0 Å². The number of carbonyl (C=O) groups is 1. The van der Waals surface area contributed by atoms with Crippen LogP contribution in [0.25, 0.3) is 10.9 Å². The van der Waals surface area contributed by atoms with Crippen molar-refractivity contribution in [2.45, 2.75) is 31.6 Å². The second-order valence-corrected chi connectivity index (χ2v) is 8.13. The number of nitriles is 1. The Morgan fingerprint density at radius 1 is 0.968 bits per heavy atom. The van der Waals surface area contributed by atoms with Crippen LogP contribution in [0.4, 0.5) is 11.6 Å². The van der Waals surface area contributed by atoms with Gasteiger partial charge in [0.1, 0.15) is 0 Å². The molecule has 0 spiro atoms. The van der Waals surface area contributed by atoms with E-state index in [0.29, 0.717) is 18.8 Å². The fourth-order valence-electron chi connectivity index (χ4n) is 4.48. The standard InChI is InChI=1S/C23H23N7O/c24-14-16-4-10-29(11-5-16)22-23(27-9-8-26-22)30-12-6-18(13-21(30)31)19-2-1-17-3-7-25-15-20(17)28-19/h1-3,7-9,15-16,18H,4-6,10-13H2. The van der Waals surface area contributed by atoms with Gasteiger partial charge in [0.15, 0.2) is 11.6 Å². The van der Waals surface area contributed by atoms with Gasteiger partial charge in [0.2, 0.25) is 5.91 Å². The molecular weight excluding hydrogens is 390 g/mol. The number of anilines is 2. The zero-order chi connectivity index (χ0) is 21.2. The zero-order valence-corrected chi connectivity index (χ0v) is 17.2. The van der Waals surface area contributed by atoms with Gasteiger partial charge in [-0.15, -0.1) is 0 Å². The molecule has 8 nitrogen and oxygen atoms in total. The van der Waals surface area contributed by atoms with E-state index in [1.54, 1.807) is 29.7 Å². The number of nitrogens with zero attached hydrogens (tertiary/aromatic N) is 7. The fourth-order valence-corrected chi connectivity index (χ4v) is 4.48. The lowest BCUT2D eigenvalue weighted by Crippen LogP contribution is -2.41. The first-order valence-electron chi connectivity index (χ1n) is 10.7. The molecule has 156 valence electrons. The molecule has 0 aromatic carbocycles. The summed E-state index contributed by atoms with van der Waals surface area (Å²) in [5.74, 6) is 1.58. The quantitative estimate of drug-likeness (QED) is 0.651. The SMILES string of the molecule is N#CC1CCN(c2nccnc2N2CCC(c3ccc4ccncc4n3)CC2=O)CC1. The number of hydrogen-bond donors (Lipinski definition) is 0. The Bertz CT molecular complexity index is 1150. The van der Waals surface area contributed by atoms with Crippen LogP contribution in [0.1, 0.15) is 37.3 Å². The van der Waals surface area contributed by atoms with E-state index >= 15 is 0 Å². The molecule has 1 unspecified atom stereocenters. The second-order valence-electron chi connectivity index (χ2n) is 8.13. The van der Waals surface area contributed by atoms with Crippen LogP contribution in [-0.4, -0.2) is 45.5 Å². The van der Waals surface area contributed by atoms with Crippen LogP contribution in [-0.2, 0) is 4.79 Å². The van der Waals surface area contributed by atoms with Gasteiger partial charge in [-0.05, 0) is 31.4 Å². The van der Waals surface area contributed by atoms with Crippen LogP contribution in [0.3, 0.4) is 0 Å². The lowest BCUT2D eigenvalue weighted by Gasteiger charge is -2.35. The molecule has 2 fully saturated rings. The molecule has 0 saturated carbocycles. The third-order valence-electron chi connectivity index (χ3n) is 6.25. The maximum atomic E-state index is 13.1. The van der Waals surface area contributed by atoms with Crippen LogP contribution in [0.15, 0.2) is 43.0 Å². The zero-order valence-electron chi connectivity index (χ0n) is 17.2. The summed E-state index contributed by atoms with van der Waals surface area (Å²) in [4.78, 5) is 35.0. The minimum atomic E-state index is 0.0398. The number of rotatable bonds is 3. The summed E-state index contributed by atoms with van der Waals surface area (Å²) in [5, 5.41) is 10.2. The molecule has 0 bridgehead atoms. The summed E-state index contributed by atoms with van der Waals surface area (Å²) in [6.07, 6.45) is 9.65. The van der Waals surface area contributed by atoms with Crippen molar-refractivity contribution in [3.05, 3.63) is 48.7 Å². The topological polar surface area (TPSA) is 98.9 Å². The first-order valence-corrected chi connectivity index (χ1v) is 10.7. The van der Waals surface area contributed by atoms with Crippen molar-refractivity contribution < 1.29 is 4.79 Å². The maximum Gasteiger partial charge on any atom is 0.228 e. The van der Waals surface area contributed by atoms with Crippen molar-refractivity contribution in [1.29, 1.82) is 5.26 Å². The van der Waals surface area contributed by atoms with Gasteiger partial charge < -0.3 is 4.90 Å². The molecule has 0 N–H and O–H groups in total. The predicted octanol–water partition coefficient (Wildman–Crippen LogP) is 3.07. The van der Waals surface area contributed by atoms with Gasteiger partial charge in [0, 0.05) is 67.6 Å². The van der Waals surface area contributed by atoms with Crippen molar-refractivity contribution in [2.24, 2.45) is 5.92 Å². The first kappa shape index (κ1) is 19.4. The van der Waals surface area contributed by atoms with Crippen molar-refractivity contribution >= 4 is 28.4 Å². The summed E-state index contributed by atoms with van der Waals surface area (Å²) < 4.78 is 0. The molecule has 5 heterocycles. The van der Waals surface area contributed by atoms with E-state index in [9.17, 15) is 4.79 Å². The summed E-state index contributed by atoms with van der Waals surface area (Å²) in [7, 11) is 0. The van der Waals surface area contributed by atoms with Crippen LogP contribution in [0, 0.1) is 17.2 Å². The molecule has 2 saturated heterocycles. The molecule has 31 heavy (non-hydrogen) atoms. The molecular formula is C23H23N7O. The lowest BCUT2D eigenvalue weighted by atomic mass is 9.92. The van der Waals surface area contributed by atoms with Crippen LogP contribution in [0.5, 0.6) is 0 Å². The maximum absolute atomic E-state index is 13.1. The summed E-state index contributed by atoms with van der Waals surface area (Å²) >= 11 is 0. The van der Waals surface area contributed by atoms with E-state index in [4.69, 9.17) is 10.2 Å². The summed E-state index contributed by atoms with van der Waals surface area (Å²) in [6, 6.07) is 8.36. The van der Waals surface area contributed by atoms with E-state index in [2.05, 4.69) is 25.9 Å². The molecule has 5 rings (SSSR count). The van der Waals surface area contributed by atoms with Crippen molar-refractivity contribution in [3.63, 3.8) is 0 Å². The monoisotopic (exact) mass is 413 g/mol. The molecule has 3 aromatic heterocycles. The van der Waals surface area contributed by atoms with Crippen LogP contribution in [0.2, 0.25) is 0 Å². The predicted molar refractivity (Wildman–Crippen MR) is 116 cm³/mol. The van der Waals surface area contributed by atoms with Gasteiger partial charge in [-0.2, -0.15) is 5.26 Å². The van der Waals surface area contributed by atoms with Crippen LogP contribution >= 0.6 is 0 Å². The Hall–Kier alpha value is -3.60. The molecule has 0 radical (unpaired) electrons. The van der Waals surface area contributed by atoms with Crippen molar-refractivity contribution in [2.75, 3.05) is 29.4 Å². The summed E-state index contributed by atoms with van der Waals surface area (Å²) in [5.41, 5.74) is 1.79. The Morgan fingerprint density at radius 2 is 1.77 bits per heavy atom. The van der Waals surface area contributed by atoms with E-state index in [1.165, 1.54) is 0 Å². The fraction of sp³-hybridized carbons (Fsp3) is 0.391. The first-order chi connectivity index (χ1) is 15.2. The molecule has 3 aromatic rings. The normalized spacial score (nSPS) is 20.1. The summed E-state index contributed by atoms with van der Waals surface area (Å²) in [6.45, 7) is 2.09. The number of pyridine rings is 2. The number of fused-ring (bicyclic) bond motifs is 1. The highest BCUT2D eigenvalue weighted by molar-refractivity contribution is 5.96. The molecule has 8 heteroatoms. The number of aromatic nitrogens is 4. The van der Waals surface area contributed by atoms with Gasteiger partial charge in [-0.1, -0.05) is 6.07 Å². The van der Waals surface area contributed by atoms with Gasteiger partial charge in [-0.25, -0.2) is 9.97 Å². The Kier molecular flexibility index (Phi) is 5.16. The molecule has 2 aliphatic rings. The number of carbonyl (C=O) groups excluding carboxylic acids is 1. The lowest BCUT2D eigenvalue weighted by molar-refractivity contribution is -0.120. The molecule has 2 aliphatic heterocycles. The van der Waals surface area contributed by atoms with E-state index < -0.39 is 0 Å². The highest BCUT2D eigenvalue weighted by atomic mass is 16.2. The average Bonchev–Trinajstić information content (AvgIpc) is 2.84. The third kappa shape index (κ3) is 3.79. The van der Waals surface area contributed by atoms with Gasteiger partial charge in [-0.3, -0.25) is 19.7 Å². The van der Waals surface area contributed by atoms with E-state index in [1.807, 2.05) is 18.2 Å². The smallest absolute Gasteiger partial charge is 0.228 e. The highest BCUT2D eigenvalue weighted by Gasteiger charge is 2.32. The minimum absolute atomic E-state index is 0.0398. The van der Waals surface area contributed by atoms with Gasteiger partial charge in [0.25, 0.3) is 0 Å². The van der Waals surface area contributed by atoms with E-state index in [-0.39, 0.29) is 17.7 Å². The Labute approximate surface area is 180 Å². The van der Waals surface area contributed by atoms with Gasteiger partial charge in [0.05, 0.1) is 17.8 Å². The molecule has 0 aliphatic carbocycles. The number of hydrogen-bond acceptors (Lipinski definition) is 7. The third-order valence-corrected chi connectivity index (χ3v) is 6.25.